The summed E-state index contributed by atoms with van der Waals surface area (Å²) >= 11 is 12.1. The summed E-state index contributed by atoms with van der Waals surface area (Å²) in [5, 5.41) is 29.4. The number of aryl methyl sites for hydroxylation is 2. The highest BCUT2D eigenvalue weighted by Crippen LogP contribution is 2.24. The van der Waals surface area contributed by atoms with Gasteiger partial charge in [-0.3, -0.25) is 37.7 Å². The lowest BCUT2D eigenvalue weighted by molar-refractivity contribution is -0.137. The summed E-state index contributed by atoms with van der Waals surface area (Å²) in [6, 6.07) is 23.6. The number of amides is 1. The average molecular weight is 1050 g/mol. The van der Waals surface area contributed by atoms with Crippen LogP contribution in [0.3, 0.4) is 0 Å². The number of fused-ring (bicyclic) bond motifs is 2. The Kier molecular flexibility index (Phi) is 17.2. The molecule has 1 amide bonds. The number of anilines is 2. The van der Waals surface area contributed by atoms with Gasteiger partial charge in [-0.05, 0) is 47.2 Å². The monoisotopic (exact) mass is 1050 g/mol. The Balaban J connectivity index is 0.000000169. The lowest BCUT2D eigenvalue weighted by Crippen LogP contribution is -2.34. The first kappa shape index (κ1) is 52.4. The third-order valence-corrected chi connectivity index (χ3v) is 12.2. The predicted octanol–water partition coefficient (Wildman–Crippen LogP) is 6.20. The second-order valence-electron chi connectivity index (χ2n) is 17.0. The maximum Gasteiger partial charge on any atom is 0.323 e. The van der Waals surface area contributed by atoms with Crippen molar-refractivity contribution in [3.8, 4) is 22.5 Å². The van der Waals surface area contributed by atoms with E-state index in [1.54, 1.807) is 79.2 Å². The van der Waals surface area contributed by atoms with Crippen LogP contribution in [0.4, 0.5) is 11.6 Å². The molecule has 8 aromatic heterocycles. The standard InChI is InChI=1S/C26H25ClN8O2.C18H19N5O3.C8H8ClN3/c1-34-15-19(12-33-34)22-14-32-25(28-8-7-17-5-3-2-4-6-17)26(37)35(22)16-23(36)29-10-18-9-20-21(27)13-31-24(20)30-11-18;1-22-11-14(9-21-22)15-10-20-17(18(26)23(15)12-16(24)25)19-8-7-13-5-3-2-4-6-13;9-7-4-12-8-6(7)1-5(2-10)3-11-8/h2-6,9,11-15H,7-8,10,16H2,1H3,(H,28,32)(H,29,36)(H,30,31);2-6,9-11H,7-8,12H2,1H3,(H,19,20)(H,24,25);1,3-4H,2,10H2,(H,11,12). The number of carboxylic acids is 1. The summed E-state index contributed by atoms with van der Waals surface area (Å²) in [6.07, 6.45) is 18.0. The van der Waals surface area contributed by atoms with E-state index in [1.165, 1.54) is 15.3 Å². The van der Waals surface area contributed by atoms with Gasteiger partial charge in [-0.2, -0.15) is 10.2 Å². The molecule has 0 aliphatic rings. The van der Waals surface area contributed by atoms with Crippen LogP contribution in [-0.4, -0.2) is 88.7 Å². The molecule has 0 fully saturated rings. The maximum atomic E-state index is 13.4. The molecule has 0 aliphatic carbocycles. The number of nitrogens with two attached hydrogens (primary N) is 1. The van der Waals surface area contributed by atoms with E-state index in [1.807, 2.05) is 72.8 Å². The minimum atomic E-state index is -1.10. The topological polar surface area (TPSA) is 279 Å². The van der Waals surface area contributed by atoms with Crippen LogP contribution in [-0.2, 0) is 62.7 Å². The van der Waals surface area contributed by atoms with Crippen LogP contribution < -0.4 is 32.8 Å². The van der Waals surface area contributed by atoms with Gasteiger partial charge in [0.15, 0.2) is 11.6 Å². The molecule has 21 nitrogen and oxygen atoms in total. The first-order valence-electron chi connectivity index (χ1n) is 23.5. The number of aromatic amines is 2. The van der Waals surface area contributed by atoms with Gasteiger partial charge >= 0.3 is 5.97 Å². The number of aliphatic carboxylic acids is 1. The SMILES string of the molecule is Cn1cc(-c2cnc(NCCc3ccccc3)c(=O)n2CC(=O)NCc2cnc3[nH]cc(Cl)c3c2)cn1.Cn1cc(-c2cnc(NCCc3ccccc3)c(=O)n2CC(=O)O)cn1.NCc1cnc2[nH]cc(Cl)c2c1. The number of halogens is 2. The minimum Gasteiger partial charge on any atom is -0.480 e. The molecule has 10 rings (SSSR count). The van der Waals surface area contributed by atoms with Crippen LogP contribution in [0.15, 0.2) is 144 Å². The molecule has 10 aromatic rings. The van der Waals surface area contributed by atoms with Gasteiger partial charge in [-0.25, -0.2) is 19.9 Å². The molecular weight excluding hydrogens is 1000 g/mol. The molecule has 0 saturated carbocycles. The number of pyridine rings is 2. The molecule has 0 unspecified atom stereocenters. The fraction of sp³-hybridized carbons (Fsp3) is 0.192. The summed E-state index contributed by atoms with van der Waals surface area (Å²) in [7, 11) is 3.53. The number of nitrogens with one attached hydrogen (secondary N) is 5. The lowest BCUT2D eigenvalue weighted by Gasteiger charge is -2.14. The van der Waals surface area contributed by atoms with Crippen molar-refractivity contribution in [3.63, 3.8) is 0 Å². The Labute approximate surface area is 438 Å². The van der Waals surface area contributed by atoms with Gasteiger partial charge in [0.2, 0.25) is 5.91 Å². The summed E-state index contributed by atoms with van der Waals surface area (Å²) < 4.78 is 5.81. The molecular formula is C52H52Cl2N16O5. The second kappa shape index (κ2) is 24.7. The van der Waals surface area contributed by atoms with Gasteiger partial charge in [-0.1, -0.05) is 83.9 Å². The van der Waals surface area contributed by atoms with Crippen LogP contribution >= 0.6 is 23.2 Å². The molecule has 8 heterocycles. The molecule has 0 spiro atoms. The number of carbonyl (C=O) groups is 2. The summed E-state index contributed by atoms with van der Waals surface area (Å²) in [5.74, 6) is -1.10. The zero-order chi connectivity index (χ0) is 52.8. The van der Waals surface area contributed by atoms with Gasteiger partial charge in [0.25, 0.3) is 11.1 Å². The van der Waals surface area contributed by atoms with Gasteiger partial charge in [0.05, 0.1) is 46.2 Å². The van der Waals surface area contributed by atoms with E-state index < -0.39 is 18.1 Å². The minimum absolute atomic E-state index is 0.134. The first-order valence-corrected chi connectivity index (χ1v) is 24.2. The van der Waals surface area contributed by atoms with Crippen molar-refractivity contribution in [2.24, 2.45) is 19.8 Å². The first-order chi connectivity index (χ1) is 36.3. The molecule has 75 heavy (non-hydrogen) atoms. The lowest BCUT2D eigenvalue weighted by atomic mass is 10.1. The van der Waals surface area contributed by atoms with Crippen molar-refractivity contribution in [2.75, 3.05) is 23.7 Å². The zero-order valence-electron chi connectivity index (χ0n) is 40.7. The summed E-state index contributed by atoms with van der Waals surface area (Å²) in [6.45, 7) is 1.16. The molecule has 0 radical (unpaired) electrons. The Morgan fingerprint density at radius 3 is 1.55 bits per heavy atom. The molecule has 0 aliphatic heterocycles. The van der Waals surface area contributed by atoms with E-state index in [-0.39, 0.29) is 36.2 Å². The fourth-order valence-electron chi connectivity index (χ4n) is 7.81. The van der Waals surface area contributed by atoms with Crippen molar-refractivity contribution in [1.29, 1.82) is 0 Å². The Morgan fingerprint density at radius 1 is 0.627 bits per heavy atom. The van der Waals surface area contributed by atoms with Crippen molar-refractivity contribution < 1.29 is 14.7 Å². The maximum absolute atomic E-state index is 13.4. The van der Waals surface area contributed by atoms with E-state index >= 15 is 0 Å². The smallest absolute Gasteiger partial charge is 0.323 e. The molecule has 0 saturated heterocycles. The largest absolute Gasteiger partial charge is 0.480 e. The number of aromatic nitrogens is 12. The molecule has 23 heteroatoms. The van der Waals surface area contributed by atoms with Crippen molar-refractivity contribution in [1.82, 2.24) is 63.9 Å². The second-order valence-corrected chi connectivity index (χ2v) is 17.8. The fourth-order valence-corrected chi connectivity index (χ4v) is 8.21. The number of nitrogens with zero attached hydrogens (tertiary/aromatic N) is 10. The average Bonchev–Trinajstić information content (AvgIpc) is 4.23. The highest BCUT2D eigenvalue weighted by atomic mass is 35.5. The third kappa shape index (κ3) is 13.6. The van der Waals surface area contributed by atoms with Crippen LogP contribution in [0, 0.1) is 0 Å². The molecule has 2 aromatic carbocycles. The van der Waals surface area contributed by atoms with E-state index in [2.05, 4.69) is 56.1 Å². The number of carboxylic acid groups (broad SMARTS) is 1. The molecule has 384 valence electrons. The van der Waals surface area contributed by atoms with Crippen LogP contribution in [0.25, 0.3) is 44.6 Å². The van der Waals surface area contributed by atoms with Crippen LogP contribution in [0.1, 0.15) is 22.3 Å². The summed E-state index contributed by atoms with van der Waals surface area (Å²) in [5.41, 5.74) is 12.4. The molecule has 8 N–H and O–H groups in total. The number of H-pyrrole nitrogens is 2. The number of carbonyl (C=O) groups excluding carboxylic acids is 1. The van der Waals surface area contributed by atoms with Crippen molar-refractivity contribution in [3.05, 3.63) is 188 Å². The highest BCUT2D eigenvalue weighted by molar-refractivity contribution is 6.35. The van der Waals surface area contributed by atoms with Gasteiger partial charge in [0, 0.05) is 99.4 Å². The van der Waals surface area contributed by atoms with Crippen LogP contribution in [0.5, 0.6) is 0 Å². The van der Waals surface area contributed by atoms with E-state index in [9.17, 15) is 19.2 Å². The van der Waals surface area contributed by atoms with Crippen LogP contribution in [0.2, 0.25) is 10.0 Å². The Morgan fingerprint density at radius 2 is 1.09 bits per heavy atom. The quantitative estimate of drug-likeness (QED) is 0.0535. The predicted molar refractivity (Wildman–Crippen MR) is 288 cm³/mol. The van der Waals surface area contributed by atoms with Crippen molar-refractivity contribution >= 4 is 68.8 Å². The van der Waals surface area contributed by atoms with Gasteiger partial charge in [0.1, 0.15) is 24.4 Å². The number of benzene rings is 2. The van der Waals surface area contributed by atoms with Crippen molar-refractivity contribution in [2.45, 2.75) is 39.0 Å². The normalized spacial score (nSPS) is 10.9. The number of hydrogen-bond acceptors (Lipinski definition) is 13. The molecule has 0 bridgehead atoms. The number of rotatable bonds is 17. The van der Waals surface area contributed by atoms with E-state index in [0.29, 0.717) is 57.8 Å². The zero-order valence-corrected chi connectivity index (χ0v) is 42.3. The Hall–Kier alpha value is -8.92. The van der Waals surface area contributed by atoms with E-state index in [0.717, 1.165) is 51.5 Å². The number of hydrogen-bond donors (Lipinski definition) is 7. The van der Waals surface area contributed by atoms with E-state index in [4.69, 9.17) is 34.0 Å². The Bertz CT molecular complexity index is 3680. The van der Waals surface area contributed by atoms with Gasteiger partial charge < -0.3 is 36.8 Å². The van der Waals surface area contributed by atoms with Gasteiger partial charge in [-0.15, -0.1) is 0 Å². The third-order valence-electron chi connectivity index (χ3n) is 11.6. The highest BCUT2D eigenvalue weighted by Gasteiger charge is 2.18. The molecule has 0 atom stereocenters. The summed E-state index contributed by atoms with van der Waals surface area (Å²) in [4.78, 5) is 73.2.